The summed E-state index contributed by atoms with van der Waals surface area (Å²) in [5, 5.41) is 6.67. The lowest BCUT2D eigenvalue weighted by molar-refractivity contribution is -0.128. The summed E-state index contributed by atoms with van der Waals surface area (Å²) in [5.41, 5.74) is 0. The molecular weight excluding hydrogens is 256 g/mol. The van der Waals surface area contributed by atoms with Gasteiger partial charge in [0.05, 0.1) is 24.8 Å². The predicted molar refractivity (Wildman–Crippen MR) is 78.7 cm³/mol. The largest absolute Gasteiger partial charge is 0.373 e. The number of amides is 1. The van der Waals surface area contributed by atoms with Crippen molar-refractivity contribution >= 4 is 11.9 Å². The lowest BCUT2D eigenvalue weighted by Gasteiger charge is -2.22. The first kappa shape index (κ1) is 15.1. The van der Waals surface area contributed by atoms with Crippen LogP contribution in [-0.4, -0.2) is 62.2 Å². The lowest BCUT2D eigenvalue weighted by Crippen LogP contribution is -2.47. The highest BCUT2D eigenvalue weighted by Crippen LogP contribution is 2.34. The number of hydrogen-bond acceptors (Lipinski definition) is 3. The molecule has 2 N–H and O–H groups in total. The molecule has 2 rings (SSSR count). The topological polar surface area (TPSA) is 66.0 Å². The van der Waals surface area contributed by atoms with Crippen LogP contribution in [0, 0.1) is 0 Å². The zero-order valence-corrected chi connectivity index (χ0v) is 12.7. The number of carbonyl (C=O) groups is 1. The highest BCUT2D eigenvalue weighted by atomic mass is 16.5. The number of rotatable bonds is 5. The minimum atomic E-state index is 0.104. The van der Waals surface area contributed by atoms with Crippen LogP contribution in [0.2, 0.25) is 0 Å². The predicted octanol–water partition coefficient (Wildman–Crippen LogP) is 0.340. The Morgan fingerprint density at radius 3 is 2.75 bits per heavy atom. The van der Waals surface area contributed by atoms with E-state index in [-0.39, 0.29) is 5.91 Å². The average Bonchev–Trinajstić information content (AvgIpc) is 3.00. The van der Waals surface area contributed by atoms with Crippen molar-refractivity contribution in [1.82, 2.24) is 15.5 Å². The molecule has 0 aromatic rings. The van der Waals surface area contributed by atoms with Crippen LogP contribution >= 0.6 is 0 Å². The van der Waals surface area contributed by atoms with E-state index in [0.29, 0.717) is 31.2 Å². The fraction of sp³-hybridized carbons (Fsp3) is 0.857. The van der Waals surface area contributed by atoms with Crippen molar-refractivity contribution in [1.29, 1.82) is 0 Å². The van der Waals surface area contributed by atoms with Gasteiger partial charge in [0.15, 0.2) is 5.96 Å². The molecular formula is C14H26N4O2. The maximum absolute atomic E-state index is 11.5. The molecule has 114 valence electrons. The number of nitrogens with zero attached hydrogens (tertiary/aromatic N) is 2. The number of carbonyl (C=O) groups excluding carboxylic acids is 1. The van der Waals surface area contributed by atoms with Crippen LogP contribution in [0.4, 0.5) is 0 Å². The molecule has 0 aromatic carbocycles. The van der Waals surface area contributed by atoms with E-state index in [0.717, 1.165) is 25.3 Å². The normalized spacial score (nSPS) is 28.6. The van der Waals surface area contributed by atoms with E-state index >= 15 is 0 Å². The third-order valence-electron chi connectivity index (χ3n) is 3.87. The summed E-state index contributed by atoms with van der Waals surface area (Å²) < 4.78 is 5.83. The Balaban J connectivity index is 1.81. The molecule has 3 unspecified atom stereocenters. The third kappa shape index (κ3) is 3.85. The standard InChI is InChI=1S/C14H26N4O2/c1-4-15-14(16-8-7-13(19)18(2)3)17-11-9-10-5-6-12(11)20-10/h10-12H,4-9H2,1-3H3,(H2,15,16,17). The van der Waals surface area contributed by atoms with Crippen LogP contribution in [0.15, 0.2) is 4.99 Å². The fourth-order valence-corrected chi connectivity index (χ4v) is 2.77. The number of aliphatic imine (C=N–C) groups is 1. The van der Waals surface area contributed by atoms with E-state index in [1.165, 1.54) is 6.42 Å². The second kappa shape index (κ2) is 6.92. The van der Waals surface area contributed by atoms with Gasteiger partial charge in [0, 0.05) is 27.1 Å². The number of ether oxygens (including phenoxy) is 1. The molecule has 2 aliphatic rings. The summed E-state index contributed by atoms with van der Waals surface area (Å²) in [5.74, 6) is 0.896. The van der Waals surface area contributed by atoms with E-state index in [2.05, 4.69) is 15.6 Å². The first-order valence-corrected chi connectivity index (χ1v) is 7.50. The van der Waals surface area contributed by atoms with E-state index in [1.807, 2.05) is 6.92 Å². The lowest BCUT2D eigenvalue weighted by atomic mass is 9.96. The van der Waals surface area contributed by atoms with Gasteiger partial charge >= 0.3 is 0 Å². The Hall–Kier alpha value is -1.30. The molecule has 2 fully saturated rings. The number of hydrogen-bond donors (Lipinski definition) is 2. The van der Waals surface area contributed by atoms with Crippen molar-refractivity contribution in [3.63, 3.8) is 0 Å². The van der Waals surface area contributed by atoms with Crippen LogP contribution in [0.1, 0.15) is 32.6 Å². The quantitative estimate of drug-likeness (QED) is 0.564. The minimum Gasteiger partial charge on any atom is -0.373 e. The maximum Gasteiger partial charge on any atom is 0.223 e. The van der Waals surface area contributed by atoms with Crippen LogP contribution < -0.4 is 10.6 Å². The van der Waals surface area contributed by atoms with E-state index < -0.39 is 0 Å². The highest BCUT2D eigenvalue weighted by Gasteiger charge is 2.41. The number of guanidine groups is 1. The Bertz CT molecular complexity index is 370. The monoisotopic (exact) mass is 282 g/mol. The van der Waals surface area contributed by atoms with Gasteiger partial charge in [-0.3, -0.25) is 9.79 Å². The third-order valence-corrected chi connectivity index (χ3v) is 3.87. The minimum absolute atomic E-state index is 0.104. The van der Waals surface area contributed by atoms with Crippen LogP contribution in [-0.2, 0) is 9.53 Å². The Morgan fingerprint density at radius 1 is 1.40 bits per heavy atom. The van der Waals surface area contributed by atoms with E-state index in [9.17, 15) is 4.79 Å². The molecule has 6 nitrogen and oxygen atoms in total. The summed E-state index contributed by atoms with van der Waals surface area (Å²) in [6.07, 6.45) is 4.58. The summed E-state index contributed by atoms with van der Waals surface area (Å²) in [7, 11) is 3.53. The van der Waals surface area contributed by atoms with Gasteiger partial charge in [0.1, 0.15) is 0 Å². The van der Waals surface area contributed by atoms with Crippen molar-refractivity contribution in [2.75, 3.05) is 27.2 Å². The van der Waals surface area contributed by atoms with Gasteiger partial charge in [-0.25, -0.2) is 0 Å². The molecule has 2 aliphatic heterocycles. The highest BCUT2D eigenvalue weighted by molar-refractivity contribution is 5.81. The van der Waals surface area contributed by atoms with Crippen molar-refractivity contribution in [2.45, 2.75) is 50.9 Å². The van der Waals surface area contributed by atoms with Crippen LogP contribution in [0.5, 0.6) is 0 Å². The van der Waals surface area contributed by atoms with Gasteiger partial charge in [-0.1, -0.05) is 0 Å². The number of fused-ring (bicyclic) bond motifs is 2. The maximum atomic E-state index is 11.5. The van der Waals surface area contributed by atoms with Gasteiger partial charge in [-0.2, -0.15) is 0 Å². The summed E-state index contributed by atoms with van der Waals surface area (Å²) in [6, 6.07) is 0.358. The molecule has 6 heteroatoms. The SMILES string of the molecule is CCNC(=NCCC(=O)N(C)C)NC1CC2CCC1O2. The van der Waals surface area contributed by atoms with Gasteiger partial charge in [0.2, 0.25) is 5.91 Å². The molecule has 0 saturated carbocycles. The molecule has 2 bridgehead atoms. The molecule has 0 aromatic heterocycles. The van der Waals surface area contributed by atoms with Crippen molar-refractivity contribution in [3.8, 4) is 0 Å². The van der Waals surface area contributed by atoms with Gasteiger partial charge in [-0.15, -0.1) is 0 Å². The Labute approximate surface area is 121 Å². The van der Waals surface area contributed by atoms with Crippen molar-refractivity contribution in [3.05, 3.63) is 0 Å². The first-order valence-electron chi connectivity index (χ1n) is 7.50. The smallest absolute Gasteiger partial charge is 0.223 e. The van der Waals surface area contributed by atoms with E-state index in [1.54, 1.807) is 19.0 Å². The van der Waals surface area contributed by atoms with Gasteiger partial charge < -0.3 is 20.3 Å². The molecule has 0 radical (unpaired) electrons. The fourth-order valence-electron chi connectivity index (χ4n) is 2.77. The number of nitrogens with one attached hydrogen (secondary N) is 2. The van der Waals surface area contributed by atoms with Crippen molar-refractivity contribution in [2.24, 2.45) is 4.99 Å². The molecule has 0 spiro atoms. The first-order chi connectivity index (χ1) is 9.60. The zero-order valence-electron chi connectivity index (χ0n) is 12.7. The van der Waals surface area contributed by atoms with Gasteiger partial charge in [-0.05, 0) is 26.2 Å². The summed E-state index contributed by atoms with van der Waals surface area (Å²) in [4.78, 5) is 17.6. The Kier molecular flexibility index (Phi) is 5.23. The van der Waals surface area contributed by atoms with Crippen molar-refractivity contribution < 1.29 is 9.53 Å². The summed E-state index contributed by atoms with van der Waals surface area (Å²) >= 11 is 0. The Morgan fingerprint density at radius 2 is 2.20 bits per heavy atom. The molecule has 2 heterocycles. The molecule has 0 aliphatic carbocycles. The second-order valence-corrected chi connectivity index (χ2v) is 5.66. The van der Waals surface area contributed by atoms with Crippen LogP contribution in [0.25, 0.3) is 0 Å². The van der Waals surface area contributed by atoms with Crippen LogP contribution in [0.3, 0.4) is 0 Å². The second-order valence-electron chi connectivity index (χ2n) is 5.66. The molecule has 3 atom stereocenters. The van der Waals surface area contributed by atoms with Gasteiger partial charge in [0.25, 0.3) is 0 Å². The zero-order chi connectivity index (χ0) is 14.5. The summed E-state index contributed by atoms with van der Waals surface area (Å²) in [6.45, 7) is 3.36. The van der Waals surface area contributed by atoms with E-state index in [4.69, 9.17) is 4.74 Å². The molecule has 2 saturated heterocycles. The average molecular weight is 282 g/mol. The molecule has 20 heavy (non-hydrogen) atoms. The molecule has 1 amide bonds.